The maximum absolute atomic E-state index is 13.6. The molecule has 2 rings (SSSR count). The van der Waals surface area contributed by atoms with Crippen molar-refractivity contribution in [3.05, 3.63) is 59.4 Å². The van der Waals surface area contributed by atoms with E-state index < -0.39 is 5.82 Å². The molecule has 0 heterocycles. The van der Waals surface area contributed by atoms with Crippen LogP contribution in [0.4, 0.5) is 10.1 Å². The normalized spacial score (nSPS) is 9.90. The number of ether oxygens (including phenoxy) is 1. The third-order valence-corrected chi connectivity index (χ3v) is 3.07. The van der Waals surface area contributed by atoms with Crippen molar-refractivity contribution >= 4 is 5.69 Å². The van der Waals surface area contributed by atoms with Crippen LogP contribution in [0.2, 0.25) is 0 Å². The van der Waals surface area contributed by atoms with Gasteiger partial charge in [0.05, 0.1) is 12.7 Å². The largest absolute Gasteiger partial charge is 0.497 e. The van der Waals surface area contributed by atoms with E-state index in [2.05, 4.69) is 0 Å². The summed E-state index contributed by atoms with van der Waals surface area (Å²) in [6.45, 7) is 0.628. The van der Waals surface area contributed by atoms with Crippen LogP contribution >= 0.6 is 0 Å². The molecule has 0 aromatic heterocycles. The smallest absolute Gasteiger partial charge is 0.143 e. The first-order chi connectivity index (χ1) is 9.63. The lowest BCUT2D eigenvalue weighted by molar-refractivity contribution is 0.414. The summed E-state index contributed by atoms with van der Waals surface area (Å²) < 4.78 is 18.8. The van der Waals surface area contributed by atoms with E-state index >= 15 is 0 Å². The van der Waals surface area contributed by atoms with Crippen LogP contribution in [-0.4, -0.2) is 14.2 Å². The number of hydrogen-bond acceptors (Lipinski definition) is 3. The van der Waals surface area contributed by atoms with Crippen LogP contribution in [0, 0.1) is 17.1 Å². The van der Waals surface area contributed by atoms with Crippen molar-refractivity contribution in [1.29, 1.82) is 5.26 Å². The number of benzene rings is 2. The second-order valence-corrected chi connectivity index (χ2v) is 4.48. The lowest BCUT2D eigenvalue weighted by Gasteiger charge is -2.20. The van der Waals surface area contributed by atoms with Gasteiger partial charge >= 0.3 is 0 Å². The van der Waals surface area contributed by atoms with Gasteiger partial charge in [0, 0.05) is 19.3 Å². The molecule has 20 heavy (non-hydrogen) atoms. The zero-order valence-electron chi connectivity index (χ0n) is 11.4. The fourth-order valence-electron chi connectivity index (χ4n) is 1.97. The minimum Gasteiger partial charge on any atom is -0.497 e. The molecule has 0 amide bonds. The molecule has 0 N–H and O–H groups in total. The summed E-state index contributed by atoms with van der Waals surface area (Å²) in [6, 6.07) is 14.1. The Labute approximate surface area is 117 Å². The van der Waals surface area contributed by atoms with Gasteiger partial charge in [0.15, 0.2) is 0 Å². The zero-order chi connectivity index (χ0) is 14.5. The van der Waals surface area contributed by atoms with Crippen molar-refractivity contribution in [2.24, 2.45) is 0 Å². The van der Waals surface area contributed by atoms with Gasteiger partial charge in [-0.05, 0) is 35.9 Å². The van der Waals surface area contributed by atoms with Gasteiger partial charge in [0.1, 0.15) is 17.6 Å². The Morgan fingerprint density at radius 1 is 1.25 bits per heavy atom. The summed E-state index contributed by atoms with van der Waals surface area (Å²) >= 11 is 0. The maximum Gasteiger partial charge on any atom is 0.143 e. The average molecular weight is 270 g/mol. The number of hydrogen-bond donors (Lipinski definition) is 0. The second kappa shape index (κ2) is 6.07. The highest BCUT2D eigenvalue weighted by molar-refractivity contribution is 5.50. The van der Waals surface area contributed by atoms with Gasteiger partial charge in [0.25, 0.3) is 0 Å². The van der Waals surface area contributed by atoms with Crippen LogP contribution in [0.25, 0.3) is 0 Å². The van der Waals surface area contributed by atoms with E-state index in [9.17, 15) is 4.39 Å². The molecule has 0 unspecified atom stereocenters. The minimum atomic E-state index is -0.498. The van der Waals surface area contributed by atoms with E-state index in [0.717, 1.165) is 17.0 Å². The summed E-state index contributed by atoms with van der Waals surface area (Å²) in [4.78, 5) is 1.92. The number of rotatable bonds is 4. The van der Waals surface area contributed by atoms with Gasteiger partial charge in [-0.1, -0.05) is 12.1 Å². The Balaban J connectivity index is 2.17. The molecular formula is C16H15FN2O. The van der Waals surface area contributed by atoms with Gasteiger partial charge < -0.3 is 9.64 Å². The number of methoxy groups -OCH3 is 1. The summed E-state index contributed by atoms with van der Waals surface area (Å²) in [5.74, 6) is 0.296. The Hall–Kier alpha value is -2.54. The van der Waals surface area contributed by atoms with E-state index in [1.165, 1.54) is 12.1 Å². The number of nitriles is 1. The average Bonchev–Trinajstić information content (AvgIpc) is 2.47. The highest BCUT2D eigenvalue weighted by atomic mass is 19.1. The van der Waals surface area contributed by atoms with Crippen LogP contribution in [0.5, 0.6) is 5.75 Å². The van der Waals surface area contributed by atoms with Crippen LogP contribution in [0.1, 0.15) is 11.1 Å². The van der Waals surface area contributed by atoms with Crippen molar-refractivity contribution < 1.29 is 9.13 Å². The first kappa shape index (κ1) is 13.9. The number of nitrogens with zero attached hydrogens (tertiary/aromatic N) is 2. The molecule has 0 saturated carbocycles. The topological polar surface area (TPSA) is 36.3 Å². The van der Waals surface area contributed by atoms with E-state index in [1.807, 2.05) is 42.3 Å². The van der Waals surface area contributed by atoms with Crippen molar-refractivity contribution in [1.82, 2.24) is 0 Å². The molecule has 2 aromatic carbocycles. The van der Waals surface area contributed by atoms with Gasteiger partial charge in [-0.2, -0.15) is 5.26 Å². The monoisotopic (exact) mass is 270 g/mol. The van der Waals surface area contributed by atoms with Gasteiger partial charge in [-0.15, -0.1) is 0 Å². The van der Waals surface area contributed by atoms with Crippen LogP contribution in [0.15, 0.2) is 42.5 Å². The lowest BCUT2D eigenvalue weighted by atomic mass is 10.1. The third-order valence-electron chi connectivity index (χ3n) is 3.07. The first-order valence-corrected chi connectivity index (χ1v) is 6.17. The molecule has 0 aliphatic carbocycles. The fraction of sp³-hybridized carbons (Fsp3) is 0.188. The summed E-state index contributed by atoms with van der Waals surface area (Å²) in [7, 11) is 3.50. The molecule has 102 valence electrons. The highest BCUT2D eigenvalue weighted by Crippen LogP contribution is 2.20. The quantitative estimate of drug-likeness (QED) is 0.855. The van der Waals surface area contributed by atoms with Crippen molar-refractivity contribution in [2.45, 2.75) is 6.54 Å². The maximum atomic E-state index is 13.6. The van der Waals surface area contributed by atoms with Crippen LogP contribution in [-0.2, 0) is 6.54 Å². The van der Waals surface area contributed by atoms with E-state index in [1.54, 1.807) is 13.2 Å². The molecule has 2 aromatic rings. The molecule has 3 nitrogen and oxygen atoms in total. The molecule has 4 heteroatoms. The molecular weight excluding hydrogens is 255 g/mol. The minimum absolute atomic E-state index is 0.0588. The molecule has 0 spiro atoms. The second-order valence-electron chi connectivity index (χ2n) is 4.48. The van der Waals surface area contributed by atoms with Crippen LogP contribution < -0.4 is 9.64 Å². The molecule has 0 fully saturated rings. The molecule has 0 bridgehead atoms. The van der Waals surface area contributed by atoms with Gasteiger partial charge in [-0.25, -0.2) is 4.39 Å². The fourth-order valence-corrected chi connectivity index (χ4v) is 1.97. The molecule has 0 radical (unpaired) electrons. The number of halogens is 1. The van der Waals surface area contributed by atoms with Crippen molar-refractivity contribution in [3.63, 3.8) is 0 Å². The van der Waals surface area contributed by atoms with E-state index in [-0.39, 0.29) is 5.56 Å². The van der Waals surface area contributed by atoms with Crippen molar-refractivity contribution in [2.75, 3.05) is 19.1 Å². The van der Waals surface area contributed by atoms with Gasteiger partial charge in [0.2, 0.25) is 0 Å². The highest BCUT2D eigenvalue weighted by Gasteiger charge is 2.07. The Bertz CT molecular complexity index is 649. The lowest BCUT2D eigenvalue weighted by Crippen LogP contribution is -2.16. The number of anilines is 1. The molecule has 0 aliphatic rings. The predicted molar refractivity (Wildman–Crippen MR) is 76.2 cm³/mol. The van der Waals surface area contributed by atoms with E-state index in [4.69, 9.17) is 10.00 Å². The Morgan fingerprint density at radius 2 is 2.05 bits per heavy atom. The first-order valence-electron chi connectivity index (χ1n) is 6.17. The summed E-state index contributed by atoms with van der Waals surface area (Å²) in [5.41, 5.74) is 1.85. The SMILES string of the molecule is COc1cccc(CN(C)c2ccc(C#N)c(F)c2)c1. The standard InChI is InChI=1S/C16H15FN2O/c1-19(11-12-4-3-5-15(8-12)20-2)14-7-6-13(10-18)16(17)9-14/h3-9H,11H2,1-2H3. The predicted octanol–water partition coefficient (Wildman–Crippen LogP) is 3.34. The van der Waals surface area contributed by atoms with Crippen LogP contribution in [0.3, 0.4) is 0 Å². The zero-order valence-corrected chi connectivity index (χ0v) is 11.4. The van der Waals surface area contributed by atoms with Gasteiger partial charge in [-0.3, -0.25) is 0 Å². The molecule has 0 atom stereocenters. The third kappa shape index (κ3) is 3.07. The van der Waals surface area contributed by atoms with Crippen molar-refractivity contribution in [3.8, 4) is 11.8 Å². The summed E-state index contributed by atoms with van der Waals surface area (Å²) in [5, 5.41) is 8.72. The summed E-state index contributed by atoms with van der Waals surface area (Å²) in [6.07, 6.45) is 0. The Kier molecular flexibility index (Phi) is 4.21. The van der Waals surface area contributed by atoms with E-state index in [0.29, 0.717) is 6.54 Å². The molecule has 0 saturated heterocycles. The molecule has 0 aliphatic heterocycles. The Morgan fingerprint density at radius 3 is 2.70 bits per heavy atom.